The van der Waals surface area contributed by atoms with Crippen molar-refractivity contribution in [2.75, 3.05) is 31.3 Å². The molecule has 176 valence electrons. The number of fused-ring (bicyclic) bond motifs is 3. The van der Waals surface area contributed by atoms with Crippen molar-refractivity contribution in [1.82, 2.24) is 9.71 Å². The van der Waals surface area contributed by atoms with Gasteiger partial charge < -0.3 is 14.6 Å². The lowest BCUT2D eigenvalue weighted by Crippen LogP contribution is -2.25. The maximum atomic E-state index is 13.8. The van der Waals surface area contributed by atoms with Crippen LogP contribution in [0.2, 0.25) is 0 Å². The maximum absolute atomic E-state index is 13.8. The van der Waals surface area contributed by atoms with Crippen molar-refractivity contribution >= 4 is 39.6 Å². The molecule has 0 spiro atoms. The minimum absolute atomic E-state index is 0.222. The second-order valence-corrected chi connectivity index (χ2v) is 11.3. The summed E-state index contributed by atoms with van der Waals surface area (Å²) in [5, 5.41) is 4.32. The number of rotatable bonds is 10. The first-order chi connectivity index (χ1) is 16.0. The molecule has 2 heterocycles. The molecule has 0 aliphatic carbocycles. The van der Waals surface area contributed by atoms with Crippen molar-refractivity contribution in [1.29, 1.82) is 0 Å². The van der Waals surface area contributed by atoms with Gasteiger partial charge in [-0.2, -0.15) is 0 Å². The van der Waals surface area contributed by atoms with Crippen molar-refractivity contribution < 1.29 is 13.7 Å². The predicted molar refractivity (Wildman–Crippen MR) is 136 cm³/mol. The average Bonchev–Trinajstić information content (AvgIpc) is 3.14. The molecule has 0 saturated carbocycles. The Labute approximate surface area is 205 Å². The van der Waals surface area contributed by atoms with E-state index < -0.39 is 11.4 Å². The largest absolute Gasteiger partial charge is 0.593 e. The van der Waals surface area contributed by atoms with E-state index in [9.17, 15) is 8.94 Å². The topological polar surface area (TPSA) is 69.2 Å². The number of methoxy groups -OCH3 is 1. The third kappa shape index (κ3) is 6.22. The van der Waals surface area contributed by atoms with Crippen LogP contribution in [-0.2, 0) is 17.8 Å². The fraction of sp³-hybridized carbons (Fsp3) is 0.375. The molecule has 1 aromatic heterocycles. The highest BCUT2D eigenvalue weighted by Crippen LogP contribution is 2.41. The molecule has 1 unspecified atom stereocenters. The van der Waals surface area contributed by atoms with Gasteiger partial charge in [0.15, 0.2) is 10.9 Å². The van der Waals surface area contributed by atoms with Crippen LogP contribution < -0.4 is 14.8 Å². The summed E-state index contributed by atoms with van der Waals surface area (Å²) in [4.78, 5) is 7.77. The van der Waals surface area contributed by atoms with Gasteiger partial charge in [0.2, 0.25) is 4.90 Å². The van der Waals surface area contributed by atoms with Gasteiger partial charge in [-0.25, -0.2) is 9.37 Å². The Hall–Kier alpha value is -1.78. The second kappa shape index (κ2) is 11.6. The average molecular weight is 506 g/mol. The zero-order valence-electron chi connectivity index (χ0n) is 18.8. The summed E-state index contributed by atoms with van der Waals surface area (Å²) >= 11 is 2.15. The highest BCUT2D eigenvalue weighted by atomic mass is 32.2. The number of nitrogens with one attached hydrogen (secondary N) is 2. The van der Waals surface area contributed by atoms with Gasteiger partial charge in [-0.1, -0.05) is 12.5 Å². The monoisotopic (exact) mass is 505 g/mol. The van der Waals surface area contributed by atoms with Crippen molar-refractivity contribution in [2.45, 2.75) is 42.4 Å². The van der Waals surface area contributed by atoms with E-state index in [0.29, 0.717) is 17.2 Å². The van der Waals surface area contributed by atoms with E-state index in [4.69, 9.17) is 9.72 Å². The van der Waals surface area contributed by atoms with Crippen molar-refractivity contribution in [3.63, 3.8) is 0 Å². The van der Waals surface area contributed by atoms with Gasteiger partial charge in [0.25, 0.3) is 0 Å². The first kappa shape index (κ1) is 24.3. The molecule has 2 N–H and O–H groups in total. The molecule has 2 aromatic carbocycles. The van der Waals surface area contributed by atoms with E-state index in [2.05, 4.69) is 10.0 Å². The Morgan fingerprint density at radius 2 is 2.00 bits per heavy atom. The predicted octanol–water partition coefficient (Wildman–Crippen LogP) is 5.81. The quantitative estimate of drug-likeness (QED) is 0.268. The smallest absolute Gasteiger partial charge is 0.215 e. The first-order valence-electron chi connectivity index (χ1n) is 11.0. The summed E-state index contributed by atoms with van der Waals surface area (Å²) in [5.41, 5.74) is 2.88. The molecule has 33 heavy (non-hydrogen) atoms. The standard InChI is InChI=1S/C24H28FN3O2S3/c1-16-6-8-19(30-2)22(14-16)33(29)27-12-5-3-4-11-26-24-28-23-18-15-17(25)7-9-20(18)31-13-10-21(23)32-24/h6-9,14-15,27H,3-5,10-13H2,1-2H3,(H,26,28). The van der Waals surface area contributed by atoms with Gasteiger partial charge in [-0.15, -0.1) is 27.8 Å². The van der Waals surface area contributed by atoms with Crippen LogP contribution in [0.5, 0.6) is 5.75 Å². The SMILES string of the molecule is COc1ccc(C)cc1[S+]([O-])NCCCCCNc1nc2c(s1)CCSc1ccc(F)cc1-2. The number of unbranched alkanes of at least 4 members (excludes halogenated alkanes) is 2. The third-order valence-electron chi connectivity index (χ3n) is 5.36. The van der Waals surface area contributed by atoms with Crippen LogP contribution in [-0.4, -0.2) is 35.5 Å². The van der Waals surface area contributed by atoms with E-state index in [0.717, 1.165) is 64.8 Å². The molecular weight excluding hydrogens is 477 g/mol. The summed E-state index contributed by atoms with van der Waals surface area (Å²) in [6.45, 7) is 3.48. The van der Waals surface area contributed by atoms with Crippen molar-refractivity contribution in [3.8, 4) is 17.0 Å². The van der Waals surface area contributed by atoms with E-state index in [1.165, 1.54) is 10.9 Å². The number of aryl methyl sites for hydroxylation is 2. The summed E-state index contributed by atoms with van der Waals surface area (Å²) in [5.74, 6) is 1.40. The fourth-order valence-corrected chi connectivity index (χ4v) is 6.91. The van der Waals surface area contributed by atoms with Gasteiger partial charge in [0.05, 0.1) is 24.2 Å². The number of halogens is 1. The number of ether oxygens (including phenoxy) is 1. The normalized spacial score (nSPS) is 13.7. The maximum Gasteiger partial charge on any atom is 0.215 e. The van der Waals surface area contributed by atoms with Gasteiger partial charge in [0.1, 0.15) is 5.82 Å². The third-order valence-corrected chi connectivity index (χ3v) is 8.70. The summed E-state index contributed by atoms with van der Waals surface area (Å²) < 4.78 is 34.8. The highest BCUT2D eigenvalue weighted by Gasteiger charge is 2.20. The van der Waals surface area contributed by atoms with Crippen LogP contribution in [0.25, 0.3) is 11.3 Å². The molecule has 0 fully saturated rings. The Balaban J connectivity index is 1.21. The molecule has 5 nitrogen and oxygen atoms in total. The summed E-state index contributed by atoms with van der Waals surface area (Å²) in [7, 11) is 1.59. The Kier molecular flexibility index (Phi) is 8.54. The molecular formula is C24H28FN3O2S3. The van der Waals surface area contributed by atoms with Crippen LogP contribution in [0.3, 0.4) is 0 Å². The van der Waals surface area contributed by atoms with E-state index in [-0.39, 0.29) is 5.82 Å². The number of thiazole rings is 1. The lowest BCUT2D eigenvalue weighted by atomic mass is 10.1. The molecule has 0 amide bonds. The lowest BCUT2D eigenvalue weighted by Gasteiger charge is -2.14. The minimum atomic E-state index is -1.29. The number of benzene rings is 2. The molecule has 0 saturated heterocycles. The number of hydrogen-bond donors (Lipinski definition) is 2. The van der Waals surface area contributed by atoms with Gasteiger partial charge >= 0.3 is 0 Å². The van der Waals surface area contributed by atoms with E-state index in [1.807, 2.05) is 31.2 Å². The number of nitrogens with zero attached hydrogens (tertiary/aromatic N) is 1. The second-order valence-electron chi connectivity index (χ2n) is 7.83. The number of anilines is 1. The Morgan fingerprint density at radius 1 is 1.15 bits per heavy atom. The molecule has 9 heteroatoms. The first-order valence-corrected chi connectivity index (χ1v) is 14.0. The molecule has 4 rings (SSSR count). The zero-order valence-corrected chi connectivity index (χ0v) is 21.2. The fourth-order valence-electron chi connectivity index (χ4n) is 3.67. The summed E-state index contributed by atoms with van der Waals surface area (Å²) in [6.07, 6.45) is 3.88. The molecule has 1 aliphatic heterocycles. The van der Waals surface area contributed by atoms with Crippen LogP contribution >= 0.6 is 23.1 Å². The molecule has 0 bridgehead atoms. The highest BCUT2D eigenvalue weighted by molar-refractivity contribution is 7.99. The molecule has 0 radical (unpaired) electrons. The molecule has 3 aromatic rings. The zero-order chi connectivity index (χ0) is 23.2. The lowest BCUT2D eigenvalue weighted by molar-refractivity contribution is 0.402. The number of aromatic nitrogens is 1. The number of hydrogen-bond acceptors (Lipinski definition) is 7. The number of thioether (sulfide) groups is 1. The Morgan fingerprint density at radius 3 is 2.85 bits per heavy atom. The van der Waals surface area contributed by atoms with Crippen LogP contribution in [0.1, 0.15) is 29.7 Å². The van der Waals surface area contributed by atoms with Crippen LogP contribution in [0.4, 0.5) is 9.52 Å². The van der Waals surface area contributed by atoms with E-state index in [1.54, 1.807) is 36.3 Å². The van der Waals surface area contributed by atoms with Crippen LogP contribution in [0.15, 0.2) is 46.2 Å². The van der Waals surface area contributed by atoms with Crippen molar-refractivity contribution in [3.05, 3.63) is 52.7 Å². The van der Waals surface area contributed by atoms with Crippen molar-refractivity contribution in [2.24, 2.45) is 0 Å². The Bertz CT molecular complexity index is 1090. The minimum Gasteiger partial charge on any atom is -0.593 e. The van der Waals surface area contributed by atoms with Gasteiger partial charge in [-0.3, -0.25) is 0 Å². The van der Waals surface area contributed by atoms with Gasteiger partial charge in [-0.05, 0) is 56.0 Å². The summed E-state index contributed by atoms with van der Waals surface area (Å²) in [6, 6.07) is 10.7. The van der Waals surface area contributed by atoms with E-state index >= 15 is 0 Å². The molecule has 1 aliphatic rings. The molecule has 1 atom stereocenters. The van der Waals surface area contributed by atoms with Gasteiger partial charge in [0, 0.05) is 40.2 Å². The van der Waals surface area contributed by atoms with Crippen LogP contribution in [0, 0.1) is 12.7 Å².